The lowest BCUT2D eigenvalue weighted by Gasteiger charge is -2.37. The molecule has 0 atom stereocenters. The minimum Gasteiger partial charge on any atom is -0.347 e. The number of rotatable bonds is 5. The van der Waals surface area contributed by atoms with E-state index in [2.05, 4.69) is 26.4 Å². The van der Waals surface area contributed by atoms with Gasteiger partial charge in [0, 0.05) is 56.1 Å². The Morgan fingerprint density at radius 1 is 0.944 bits per heavy atom. The van der Waals surface area contributed by atoms with E-state index in [1.54, 1.807) is 0 Å². The molecule has 0 unspecified atom stereocenters. The Kier molecular flexibility index (Phi) is 6.31. The van der Waals surface area contributed by atoms with Crippen molar-refractivity contribution in [2.24, 2.45) is 5.92 Å². The van der Waals surface area contributed by atoms with Crippen molar-refractivity contribution >= 4 is 33.6 Å². The van der Waals surface area contributed by atoms with Crippen LogP contribution in [0.2, 0.25) is 0 Å². The number of carbonyl (C=O) groups is 1. The number of amides is 1. The molecule has 36 heavy (non-hydrogen) atoms. The van der Waals surface area contributed by atoms with Crippen molar-refractivity contribution in [3.05, 3.63) is 76.5 Å². The predicted molar refractivity (Wildman–Crippen MR) is 142 cm³/mol. The van der Waals surface area contributed by atoms with Crippen LogP contribution >= 0.6 is 11.5 Å². The lowest BCUT2D eigenvalue weighted by Crippen LogP contribution is -2.46. The van der Waals surface area contributed by atoms with E-state index in [0.29, 0.717) is 13.1 Å². The van der Waals surface area contributed by atoms with E-state index in [-0.39, 0.29) is 23.6 Å². The largest absolute Gasteiger partial charge is 0.347 e. The van der Waals surface area contributed by atoms with Gasteiger partial charge >= 0.3 is 5.69 Å². The van der Waals surface area contributed by atoms with Crippen molar-refractivity contribution in [3.63, 3.8) is 0 Å². The molecule has 0 bridgehead atoms. The van der Waals surface area contributed by atoms with Gasteiger partial charge in [-0.1, -0.05) is 42.5 Å². The maximum Gasteiger partial charge on any atom is 0.326 e. The molecule has 0 radical (unpaired) electrons. The molecular formula is C27H30N6O2S. The summed E-state index contributed by atoms with van der Waals surface area (Å²) in [5.41, 5.74) is 2.97. The molecule has 8 nitrogen and oxygen atoms in total. The zero-order chi connectivity index (χ0) is 24.5. The number of piperidine rings is 2. The number of imidazole rings is 1. The average Bonchev–Trinajstić information content (AvgIpc) is 3.52. The van der Waals surface area contributed by atoms with Crippen molar-refractivity contribution in [1.82, 2.24) is 23.8 Å². The van der Waals surface area contributed by atoms with Crippen LogP contribution in [0.3, 0.4) is 0 Å². The molecule has 2 aliphatic heterocycles. The van der Waals surface area contributed by atoms with E-state index >= 15 is 0 Å². The van der Waals surface area contributed by atoms with Gasteiger partial charge in [0.25, 0.3) is 0 Å². The molecule has 2 aromatic carbocycles. The number of aromatic amines is 1. The number of nitrogens with one attached hydrogen (secondary N) is 1. The molecule has 186 valence electrons. The number of fused-ring (bicyclic) bond motifs is 1. The van der Waals surface area contributed by atoms with Crippen LogP contribution in [-0.4, -0.2) is 55.9 Å². The van der Waals surface area contributed by atoms with E-state index in [9.17, 15) is 9.59 Å². The first-order valence-electron chi connectivity index (χ1n) is 12.8. The third kappa shape index (κ3) is 4.55. The van der Waals surface area contributed by atoms with Crippen LogP contribution in [-0.2, 0) is 11.2 Å². The summed E-state index contributed by atoms with van der Waals surface area (Å²) >= 11 is 1.45. The average molecular weight is 503 g/mol. The highest BCUT2D eigenvalue weighted by Crippen LogP contribution is 2.29. The summed E-state index contributed by atoms with van der Waals surface area (Å²) in [5, 5.41) is 0.955. The number of nitrogens with zero attached hydrogens (tertiary/aromatic N) is 5. The lowest BCUT2D eigenvalue weighted by molar-refractivity contribution is -0.137. The summed E-state index contributed by atoms with van der Waals surface area (Å²) in [6.07, 6.45) is 4.04. The van der Waals surface area contributed by atoms with Gasteiger partial charge in [-0.05, 0) is 43.4 Å². The number of aromatic nitrogens is 4. The van der Waals surface area contributed by atoms with Crippen LogP contribution in [0.15, 0.2) is 59.4 Å². The topological polar surface area (TPSA) is 87.1 Å². The van der Waals surface area contributed by atoms with Crippen molar-refractivity contribution < 1.29 is 4.79 Å². The number of anilines is 1. The summed E-state index contributed by atoms with van der Waals surface area (Å²) < 4.78 is 6.43. The highest BCUT2D eigenvalue weighted by molar-refractivity contribution is 7.09. The highest BCUT2D eigenvalue weighted by Gasteiger charge is 2.32. The van der Waals surface area contributed by atoms with Crippen molar-refractivity contribution in [2.45, 2.75) is 38.1 Å². The highest BCUT2D eigenvalue weighted by atomic mass is 32.1. The molecule has 0 aliphatic carbocycles. The predicted octanol–water partition coefficient (Wildman–Crippen LogP) is 3.85. The first kappa shape index (κ1) is 23.0. The first-order valence-corrected chi connectivity index (χ1v) is 13.5. The van der Waals surface area contributed by atoms with Crippen LogP contribution in [0.25, 0.3) is 11.0 Å². The number of benzene rings is 2. The summed E-state index contributed by atoms with van der Waals surface area (Å²) in [5.74, 6) is 1.18. The molecule has 2 saturated heterocycles. The van der Waals surface area contributed by atoms with E-state index in [1.165, 1.54) is 17.1 Å². The standard InChI is InChI=1S/C27H30N6O2S/c34-25(31-16-12-21(13-17-31)33-23-9-5-4-8-22(23)28-26(33)35)20-10-14-32(15-11-20)27-29-24(30-36-27)18-19-6-2-1-3-7-19/h1-9,20-21H,10-18H2,(H,28,35). The first-order chi connectivity index (χ1) is 17.7. The van der Waals surface area contributed by atoms with E-state index in [0.717, 1.165) is 67.2 Å². The number of para-hydroxylation sites is 2. The normalized spacial score (nSPS) is 17.7. The maximum absolute atomic E-state index is 13.3. The van der Waals surface area contributed by atoms with E-state index in [4.69, 9.17) is 4.98 Å². The van der Waals surface area contributed by atoms with Gasteiger partial charge < -0.3 is 14.8 Å². The number of likely N-dealkylation sites (tertiary alicyclic amines) is 1. The number of carbonyl (C=O) groups excluding carboxylic acids is 1. The van der Waals surface area contributed by atoms with Gasteiger partial charge in [-0.2, -0.15) is 4.37 Å². The summed E-state index contributed by atoms with van der Waals surface area (Å²) in [4.78, 5) is 37.8. The molecule has 0 saturated carbocycles. The number of hydrogen-bond acceptors (Lipinski definition) is 6. The fraction of sp³-hybridized carbons (Fsp3) is 0.407. The number of H-pyrrole nitrogens is 1. The molecule has 2 aliphatic rings. The molecule has 4 aromatic rings. The molecule has 2 aromatic heterocycles. The quantitative estimate of drug-likeness (QED) is 0.448. The Hall–Kier alpha value is -3.46. The van der Waals surface area contributed by atoms with Crippen LogP contribution in [0.1, 0.15) is 43.1 Å². The lowest BCUT2D eigenvalue weighted by atomic mass is 9.94. The van der Waals surface area contributed by atoms with Gasteiger partial charge in [0.1, 0.15) is 5.82 Å². The Morgan fingerprint density at radius 3 is 2.44 bits per heavy atom. The van der Waals surface area contributed by atoms with Gasteiger partial charge in [-0.15, -0.1) is 0 Å². The zero-order valence-corrected chi connectivity index (χ0v) is 21.0. The molecule has 9 heteroatoms. The van der Waals surface area contributed by atoms with Crippen LogP contribution in [0.4, 0.5) is 5.13 Å². The van der Waals surface area contributed by atoms with Crippen LogP contribution in [0.5, 0.6) is 0 Å². The van der Waals surface area contributed by atoms with Gasteiger partial charge in [-0.3, -0.25) is 9.36 Å². The second-order valence-electron chi connectivity index (χ2n) is 9.79. The maximum atomic E-state index is 13.3. The second-order valence-corrected chi connectivity index (χ2v) is 10.5. The molecule has 0 spiro atoms. The smallest absolute Gasteiger partial charge is 0.326 e. The van der Waals surface area contributed by atoms with Gasteiger partial charge in [0.15, 0.2) is 0 Å². The molecule has 4 heterocycles. The minimum atomic E-state index is -0.0584. The van der Waals surface area contributed by atoms with Crippen molar-refractivity contribution in [2.75, 3.05) is 31.1 Å². The third-order valence-corrected chi connectivity index (χ3v) is 8.36. The number of hydrogen-bond donors (Lipinski definition) is 1. The van der Waals surface area contributed by atoms with Crippen LogP contribution < -0.4 is 10.6 Å². The third-order valence-electron chi connectivity index (χ3n) is 7.54. The van der Waals surface area contributed by atoms with E-state index < -0.39 is 0 Å². The molecular weight excluding hydrogens is 472 g/mol. The fourth-order valence-corrected chi connectivity index (χ4v) is 6.32. The van der Waals surface area contributed by atoms with E-state index in [1.807, 2.05) is 51.9 Å². The van der Waals surface area contributed by atoms with Crippen molar-refractivity contribution in [1.29, 1.82) is 0 Å². The summed E-state index contributed by atoms with van der Waals surface area (Å²) in [6, 6.07) is 18.2. The molecule has 6 rings (SSSR count). The fourth-order valence-electron chi connectivity index (χ4n) is 5.58. The Labute approximate surface area is 213 Å². The zero-order valence-electron chi connectivity index (χ0n) is 20.2. The van der Waals surface area contributed by atoms with Gasteiger partial charge in [0.05, 0.1) is 11.0 Å². The van der Waals surface area contributed by atoms with Crippen molar-refractivity contribution in [3.8, 4) is 0 Å². The Morgan fingerprint density at radius 2 is 1.67 bits per heavy atom. The summed E-state index contributed by atoms with van der Waals surface area (Å²) in [6.45, 7) is 3.07. The summed E-state index contributed by atoms with van der Waals surface area (Å²) in [7, 11) is 0. The van der Waals surface area contributed by atoms with Gasteiger partial charge in [-0.25, -0.2) is 9.78 Å². The minimum absolute atomic E-state index is 0.0584. The Balaban J connectivity index is 1.02. The van der Waals surface area contributed by atoms with Gasteiger partial charge in [0.2, 0.25) is 11.0 Å². The second kappa shape index (κ2) is 9.89. The monoisotopic (exact) mass is 502 g/mol. The molecule has 2 fully saturated rings. The van der Waals surface area contributed by atoms with Crippen LogP contribution in [0, 0.1) is 5.92 Å². The SMILES string of the molecule is O=C(C1CCN(c2nc(Cc3ccccc3)ns2)CC1)N1CCC(n2c(=O)[nH]c3ccccc32)CC1. The molecule has 1 N–H and O–H groups in total. The Bertz CT molecular complexity index is 1390. The molecule has 1 amide bonds.